The van der Waals surface area contributed by atoms with Crippen LogP contribution in [0.15, 0.2) is 83.0 Å². The monoisotopic (exact) mass is 432 g/mol. The third kappa shape index (κ3) is 6.38. The summed E-state index contributed by atoms with van der Waals surface area (Å²) in [6, 6.07) is 7.87. The molecule has 1 aromatic carbocycles. The van der Waals surface area contributed by atoms with Gasteiger partial charge in [-0.15, -0.1) is 0 Å². The first kappa shape index (κ1) is 23.0. The number of carbonyl (C=O) groups excluding carboxylic acids is 1. The molecule has 0 saturated heterocycles. The Morgan fingerprint density at radius 2 is 1.94 bits per heavy atom. The average Bonchev–Trinajstić information content (AvgIpc) is 3.09. The van der Waals surface area contributed by atoms with Crippen molar-refractivity contribution in [2.24, 2.45) is 5.41 Å². The van der Waals surface area contributed by atoms with E-state index in [0.717, 1.165) is 15.8 Å². The number of para-hydroxylation sites is 1. The van der Waals surface area contributed by atoms with E-state index < -0.39 is 0 Å². The van der Waals surface area contributed by atoms with Crippen molar-refractivity contribution in [2.75, 3.05) is 5.32 Å². The van der Waals surface area contributed by atoms with Gasteiger partial charge in [-0.3, -0.25) is 10.1 Å². The van der Waals surface area contributed by atoms with E-state index >= 15 is 0 Å². The van der Waals surface area contributed by atoms with Gasteiger partial charge in [0.25, 0.3) is 0 Å². The number of anilines is 1. The van der Waals surface area contributed by atoms with Gasteiger partial charge in [-0.05, 0) is 68.7 Å². The molecule has 1 amide bonds. The Balaban J connectivity index is 1.59. The highest BCUT2D eigenvalue weighted by Gasteiger charge is 2.26. The molecule has 1 aliphatic carbocycles. The van der Waals surface area contributed by atoms with Crippen LogP contribution >= 0.6 is 11.3 Å². The van der Waals surface area contributed by atoms with Crippen molar-refractivity contribution >= 4 is 32.6 Å². The molecule has 162 valence electrons. The molecule has 2 aromatic rings. The summed E-state index contributed by atoms with van der Waals surface area (Å²) in [5, 5.41) is 3.48. The largest absolute Gasteiger partial charge is 0.298 e. The average molecular weight is 433 g/mol. The zero-order chi connectivity index (χ0) is 22.4. The van der Waals surface area contributed by atoms with Crippen LogP contribution in [-0.2, 0) is 4.79 Å². The fourth-order valence-electron chi connectivity index (χ4n) is 3.95. The summed E-state index contributed by atoms with van der Waals surface area (Å²) in [5.41, 5.74) is 6.21. The Bertz CT molecular complexity index is 1080. The van der Waals surface area contributed by atoms with E-state index in [-0.39, 0.29) is 11.3 Å². The molecule has 1 aliphatic rings. The summed E-state index contributed by atoms with van der Waals surface area (Å²) in [6.07, 6.45) is 15.8. The molecular formula is C27H32N2OS. The van der Waals surface area contributed by atoms with Gasteiger partial charge in [0.2, 0.25) is 5.91 Å². The smallest absolute Gasteiger partial charge is 0.250 e. The van der Waals surface area contributed by atoms with E-state index in [1.807, 2.05) is 43.3 Å². The van der Waals surface area contributed by atoms with Crippen LogP contribution in [-0.4, -0.2) is 10.9 Å². The molecule has 1 N–H and O–H groups in total. The number of benzene rings is 1. The minimum Gasteiger partial charge on any atom is -0.298 e. The number of allylic oxidation sites excluding steroid dienone is 9. The standard InChI is InChI=1S/C27H32N2OS/c1-19(15-16-22-21(3)12-9-17-27(22,4)5)10-8-11-20(2)18-25(30)29-26-28-23-13-6-7-14-24(23)31-26/h6-8,10-11,13-16,18H,9,12,17H2,1-5H3,(H,28,29,30). The second-order valence-electron chi connectivity index (χ2n) is 8.90. The lowest BCUT2D eigenvalue weighted by Crippen LogP contribution is -2.19. The van der Waals surface area contributed by atoms with Crippen LogP contribution in [0.1, 0.15) is 53.9 Å². The molecule has 31 heavy (non-hydrogen) atoms. The Labute approximate surface area is 190 Å². The molecule has 0 spiro atoms. The Hall–Kier alpha value is -2.72. The van der Waals surface area contributed by atoms with Crippen molar-refractivity contribution in [1.29, 1.82) is 0 Å². The maximum absolute atomic E-state index is 12.3. The van der Waals surface area contributed by atoms with Crippen LogP contribution in [0, 0.1) is 5.41 Å². The zero-order valence-electron chi connectivity index (χ0n) is 19.2. The number of rotatable bonds is 6. The summed E-state index contributed by atoms with van der Waals surface area (Å²) in [7, 11) is 0. The molecule has 1 heterocycles. The van der Waals surface area contributed by atoms with Crippen molar-refractivity contribution in [3.8, 4) is 0 Å². The van der Waals surface area contributed by atoms with Gasteiger partial charge >= 0.3 is 0 Å². The minimum atomic E-state index is -0.163. The number of nitrogens with one attached hydrogen (secondary N) is 1. The molecule has 3 rings (SSSR count). The number of carbonyl (C=O) groups is 1. The normalized spacial score (nSPS) is 17.8. The van der Waals surface area contributed by atoms with Gasteiger partial charge in [-0.25, -0.2) is 4.98 Å². The lowest BCUT2D eigenvalue weighted by Gasteiger charge is -2.32. The molecule has 0 fully saturated rings. The van der Waals surface area contributed by atoms with Gasteiger partial charge in [0.15, 0.2) is 5.13 Å². The molecule has 3 nitrogen and oxygen atoms in total. The van der Waals surface area contributed by atoms with Crippen molar-refractivity contribution in [1.82, 2.24) is 4.98 Å². The van der Waals surface area contributed by atoms with Crippen molar-refractivity contribution < 1.29 is 4.79 Å². The maximum Gasteiger partial charge on any atom is 0.250 e. The van der Waals surface area contributed by atoms with Crippen LogP contribution in [0.2, 0.25) is 0 Å². The van der Waals surface area contributed by atoms with Gasteiger partial charge in [0.05, 0.1) is 10.2 Å². The SMILES string of the molecule is CC(C=CC1=C(C)CCCC1(C)C)=CC=CC(C)=CC(=O)Nc1nc2ccccc2s1. The molecule has 0 radical (unpaired) electrons. The summed E-state index contributed by atoms with van der Waals surface area (Å²) < 4.78 is 1.06. The van der Waals surface area contributed by atoms with Crippen molar-refractivity contribution in [3.63, 3.8) is 0 Å². The Morgan fingerprint density at radius 1 is 1.16 bits per heavy atom. The fourth-order valence-corrected chi connectivity index (χ4v) is 4.82. The van der Waals surface area contributed by atoms with Gasteiger partial charge in [0, 0.05) is 6.08 Å². The van der Waals surface area contributed by atoms with E-state index in [1.165, 1.54) is 47.3 Å². The highest BCUT2D eigenvalue weighted by molar-refractivity contribution is 7.22. The number of thiazole rings is 1. The van der Waals surface area contributed by atoms with E-state index in [0.29, 0.717) is 5.13 Å². The quantitative estimate of drug-likeness (QED) is 0.374. The van der Waals surface area contributed by atoms with Crippen molar-refractivity contribution in [3.05, 3.63) is 83.0 Å². The predicted octanol–water partition coefficient (Wildman–Crippen LogP) is 7.77. The van der Waals surface area contributed by atoms with Crippen LogP contribution < -0.4 is 5.32 Å². The number of hydrogen-bond donors (Lipinski definition) is 1. The van der Waals surface area contributed by atoms with Gasteiger partial charge < -0.3 is 0 Å². The first-order chi connectivity index (χ1) is 14.7. The van der Waals surface area contributed by atoms with Crippen LogP contribution in [0.5, 0.6) is 0 Å². The van der Waals surface area contributed by atoms with E-state index in [1.54, 1.807) is 6.08 Å². The van der Waals surface area contributed by atoms with Crippen molar-refractivity contribution in [2.45, 2.75) is 53.9 Å². The zero-order valence-corrected chi connectivity index (χ0v) is 20.0. The molecule has 0 bridgehead atoms. The topological polar surface area (TPSA) is 42.0 Å². The highest BCUT2D eigenvalue weighted by atomic mass is 32.1. The lowest BCUT2D eigenvalue weighted by molar-refractivity contribution is -0.111. The summed E-state index contributed by atoms with van der Waals surface area (Å²) in [4.78, 5) is 16.7. The predicted molar refractivity (Wildman–Crippen MR) is 134 cm³/mol. The number of amides is 1. The Morgan fingerprint density at radius 3 is 2.68 bits per heavy atom. The number of nitrogens with zero attached hydrogens (tertiary/aromatic N) is 1. The van der Waals surface area contributed by atoms with Gasteiger partial charge in [0.1, 0.15) is 0 Å². The van der Waals surface area contributed by atoms with E-state index in [2.05, 4.69) is 56.2 Å². The third-order valence-electron chi connectivity index (χ3n) is 5.66. The van der Waals surface area contributed by atoms with Crippen LogP contribution in [0.3, 0.4) is 0 Å². The first-order valence-electron chi connectivity index (χ1n) is 10.8. The molecule has 4 heteroatoms. The molecule has 0 atom stereocenters. The van der Waals surface area contributed by atoms with E-state index in [9.17, 15) is 4.79 Å². The third-order valence-corrected chi connectivity index (χ3v) is 6.61. The molecular weight excluding hydrogens is 400 g/mol. The second-order valence-corrected chi connectivity index (χ2v) is 9.93. The molecule has 0 aliphatic heterocycles. The maximum atomic E-state index is 12.3. The minimum absolute atomic E-state index is 0.163. The van der Waals surface area contributed by atoms with E-state index in [4.69, 9.17) is 0 Å². The lowest BCUT2D eigenvalue weighted by atomic mass is 9.72. The van der Waals surface area contributed by atoms with Crippen LogP contribution in [0.4, 0.5) is 5.13 Å². The summed E-state index contributed by atoms with van der Waals surface area (Å²) in [6.45, 7) is 11.0. The molecule has 1 aromatic heterocycles. The van der Waals surface area contributed by atoms with Gasteiger partial charge in [-0.1, -0.05) is 78.8 Å². The highest BCUT2D eigenvalue weighted by Crippen LogP contribution is 2.40. The number of hydrogen-bond acceptors (Lipinski definition) is 3. The fraction of sp³-hybridized carbons (Fsp3) is 0.333. The number of fused-ring (bicyclic) bond motifs is 1. The Kier molecular flexibility index (Phi) is 7.45. The summed E-state index contributed by atoms with van der Waals surface area (Å²) in [5.74, 6) is -0.163. The second kappa shape index (κ2) is 10.1. The van der Waals surface area contributed by atoms with Crippen LogP contribution in [0.25, 0.3) is 10.2 Å². The molecule has 0 unspecified atom stereocenters. The van der Waals surface area contributed by atoms with Gasteiger partial charge in [-0.2, -0.15) is 0 Å². The summed E-state index contributed by atoms with van der Waals surface area (Å²) >= 11 is 1.48. The molecule has 0 saturated carbocycles. The number of aromatic nitrogens is 1. The first-order valence-corrected chi connectivity index (χ1v) is 11.6.